The monoisotopic (exact) mass is 507 g/mol. The van der Waals surface area contributed by atoms with E-state index in [0.717, 1.165) is 30.2 Å². The number of carbonyl (C=O) groups is 2. The summed E-state index contributed by atoms with van der Waals surface area (Å²) in [4.78, 5) is 25.7. The van der Waals surface area contributed by atoms with Crippen LogP contribution in [0.1, 0.15) is 84.1 Å². The van der Waals surface area contributed by atoms with Gasteiger partial charge in [0, 0.05) is 28.9 Å². The zero-order valence-corrected chi connectivity index (χ0v) is 22.3. The first-order valence-corrected chi connectivity index (χ1v) is 13.6. The molecule has 0 radical (unpaired) electrons. The Labute approximate surface area is 220 Å². The van der Waals surface area contributed by atoms with Crippen molar-refractivity contribution >= 4 is 17.5 Å². The number of amides is 2. The molecule has 0 aliphatic heterocycles. The van der Waals surface area contributed by atoms with Gasteiger partial charge in [-0.05, 0) is 119 Å². The second-order valence-corrected chi connectivity index (χ2v) is 10.8. The molecular weight excluding hydrogens is 466 g/mol. The molecule has 0 saturated heterocycles. The molecular formula is C30H41N3O4. The third-order valence-corrected chi connectivity index (χ3v) is 8.12. The third kappa shape index (κ3) is 7.04. The van der Waals surface area contributed by atoms with Gasteiger partial charge in [-0.1, -0.05) is 0 Å². The van der Waals surface area contributed by atoms with Crippen LogP contribution in [0.15, 0.2) is 36.4 Å². The van der Waals surface area contributed by atoms with Gasteiger partial charge in [-0.15, -0.1) is 0 Å². The van der Waals surface area contributed by atoms with Crippen molar-refractivity contribution < 1.29 is 19.1 Å². The molecule has 0 unspecified atom stereocenters. The number of aryl methyl sites for hydroxylation is 1. The number of methoxy groups -OCH3 is 2. The average Bonchev–Trinajstić information content (AvgIpc) is 2.91. The third-order valence-electron chi connectivity index (χ3n) is 8.12. The van der Waals surface area contributed by atoms with Gasteiger partial charge < -0.3 is 25.8 Å². The summed E-state index contributed by atoms with van der Waals surface area (Å²) in [5, 5.41) is 6.16. The van der Waals surface area contributed by atoms with Crippen molar-refractivity contribution in [2.75, 3.05) is 19.5 Å². The molecule has 0 bridgehead atoms. The number of hydrogen-bond acceptors (Lipinski definition) is 5. The Balaban J connectivity index is 1.28. The molecule has 2 fully saturated rings. The maximum absolute atomic E-state index is 12.9. The van der Waals surface area contributed by atoms with E-state index in [9.17, 15) is 9.59 Å². The SMILES string of the molecule is COc1ccc(C(=O)Nc2ccc(C(=O)NC3CCC(CC4CCC(N)CC4)CC3)cc2C)cc1OC. The van der Waals surface area contributed by atoms with Crippen molar-refractivity contribution in [3.63, 3.8) is 0 Å². The van der Waals surface area contributed by atoms with Crippen LogP contribution in [0.3, 0.4) is 0 Å². The zero-order chi connectivity index (χ0) is 26.4. The molecule has 0 atom stereocenters. The Hall–Kier alpha value is -3.06. The van der Waals surface area contributed by atoms with Crippen molar-refractivity contribution in [1.82, 2.24) is 5.32 Å². The number of nitrogens with one attached hydrogen (secondary N) is 2. The lowest BCUT2D eigenvalue weighted by Gasteiger charge is -2.33. The van der Waals surface area contributed by atoms with Gasteiger partial charge in [0.15, 0.2) is 11.5 Å². The maximum Gasteiger partial charge on any atom is 0.255 e. The molecule has 4 rings (SSSR count). The zero-order valence-electron chi connectivity index (χ0n) is 22.3. The van der Waals surface area contributed by atoms with E-state index in [1.807, 2.05) is 13.0 Å². The predicted molar refractivity (Wildman–Crippen MR) is 146 cm³/mol. The van der Waals surface area contributed by atoms with Crippen LogP contribution in [-0.2, 0) is 0 Å². The highest BCUT2D eigenvalue weighted by molar-refractivity contribution is 6.05. The van der Waals surface area contributed by atoms with Gasteiger partial charge in [-0.3, -0.25) is 9.59 Å². The van der Waals surface area contributed by atoms with Gasteiger partial charge in [0.25, 0.3) is 11.8 Å². The van der Waals surface area contributed by atoms with Gasteiger partial charge >= 0.3 is 0 Å². The first-order chi connectivity index (χ1) is 17.9. The molecule has 0 aromatic heterocycles. The van der Waals surface area contributed by atoms with Gasteiger partial charge in [0.2, 0.25) is 0 Å². The molecule has 2 aliphatic carbocycles. The lowest BCUT2D eigenvalue weighted by molar-refractivity contribution is 0.0918. The summed E-state index contributed by atoms with van der Waals surface area (Å²) in [5.41, 5.74) is 8.63. The summed E-state index contributed by atoms with van der Waals surface area (Å²) in [6, 6.07) is 11.1. The molecule has 7 nitrogen and oxygen atoms in total. The Kier molecular flexibility index (Phi) is 9.09. The van der Waals surface area contributed by atoms with Crippen molar-refractivity contribution in [3.05, 3.63) is 53.1 Å². The first-order valence-electron chi connectivity index (χ1n) is 13.6. The first kappa shape index (κ1) is 27.0. The molecule has 37 heavy (non-hydrogen) atoms. The van der Waals surface area contributed by atoms with E-state index in [1.54, 1.807) is 37.4 Å². The second-order valence-electron chi connectivity index (χ2n) is 10.8. The molecule has 0 heterocycles. The fraction of sp³-hybridized carbons (Fsp3) is 0.533. The molecule has 2 aromatic carbocycles. The highest BCUT2D eigenvalue weighted by atomic mass is 16.5. The highest BCUT2D eigenvalue weighted by Gasteiger charge is 2.27. The van der Waals surface area contributed by atoms with Gasteiger partial charge in [0.1, 0.15) is 0 Å². The fourth-order valence-electron chi connectivity index (χ4n) is 5.82. The molecule has 2 aromatic rings. The highest BCUT2D eigenvalue weighted by Crippen LogP contribution is 2.35. The topological polar surface area (TPSA) is 103 Å². The largest absolute Gasteiger partial charge is 0.493 e. The van der Waals surface area contributed by atoms with E-state index >= 15 is 0 Å². The lowest BCUT2D eigenvalue weighted by atomic mass is 9.76. The van der Waals surface area contributed by atoms with E-state index in [0.29, 0.717) is 34.4 Å². The Morgan fingerprint density at radius 3 is 2.03 bits per heavy atom. The van der Waals surface area contributed by atoms with Crippen LogP contribution >= 0.6 is 0 Å². The summed E-state index contributed by atoms with van der Waals surface area (Å²) >= 11 is 0. The van der Waals surface area contributed by atoms with E-state index in [4.69, 9.17) is 15.2 Å². The van der Waals surface area contributed by atoms with Crippen LogP contribution in [0.25, 0.3) is 0 Å². The minimum Gasteiger partial charge on any atom is -0.493 e. The number of benzene rings is 2. The molecule has 2 aliphatic rings. The van der Waals surface area contributed by atoms with Crippen LogP contribution < -0.4 is 25.8 Å². The minimum absolute atomic E-state index is 0.0504. The van der Waals surface area contributed by atoms with E-state index in [1.165, 1.54) is 52.1 Å². The van der Waals surface area contributed by atoms with E-state index in [-0.39, 0.29) is 17.9 Å². The van der Waals surface area contributed by atoms with Crippen molar-refractivity contribution in [1.29, 1.82) is 0 Å². The average molecular weight is 508 g/mol. The van der Waals surface area contributed by atoms with Crippen LogP contribution in [0.2, 0.25) is 0 Å². The van der Waals surface area contributed by atoms with Crippen LogP contribution in [-0.4, -0.2) is 38.1 Å². The van der Waals surface area contributed by atoms with Crippen molar-refractivity contribution in [2.24, 2.45) is 17.6 Å². The Morgan fingerprint density at radius 2 is 1.41 bits per heavy atom. The normalized spacial score (nSPS) is 23.7. The molecule has 0 spiro atoms. The second kappa shape index (κ2) is 12.5. The van der Waals surface area contributed by atoms with Gasteiger partial charge in [-0.25, -0.2) is 0 Å². The van der Waals surface area contributed by atoms with Gasteiger partial charge in [-0.2, -0.15) is 0 Å². The van der Waals surface area contributed by atoms with Crippen molar-refractivity contribution in [2.45, 2.75) is 76.8 Å². The summed E-state index contributed by atoms with van der Waals surface area (Å²) in [5.74, 6) is 2.37. The number of ether oxygens (including phenoxy) is 2. The molecule has 200 valence electrons. The fourth-order valence-corrected chi connectivity index (χ4v) is 5.82. The Morgan fingerprint density at radius 1 is 0.811 bits per heavy atom. The number of rotatable bonds is 8. The molecule has 2 saturated carbocycles. The molecule has 7 heteroatoms. The maximum atomic E-state index is 12.9. The number of hydrogen-bond donors (Lipinski definition) is 3. The molecule has 2 amide bonds. The summed E-state index contributed by atoms with van der Waals surface area (Å²) in [7, 11) is 3.09. The predicted octanol–water partition coefficient (Wildman–Crippen LogP) is 5.46. The number of carbonyl (C=O) groups excluding carboxylic acids is 2. The summed E-state index contributed by atoms with van der Waals surface area (Å²) in [6.07, 6.45) is 10.7. The summed E-state index contributed by atoms with van der Waals surface area (Å²) in [6.45, 7) is 1.89. The number of nitrogens with two attached hydrogens (primary N) is 1. The van der Waals surface area contributed by atoms with Crippen LogP contribution in [0.4, 0.5) is 5.69 Å². The van der Waals surface area contributed by atoms with Gasteiger partial charge in [0.05, 0.1) is 14.2 Å². The van der Waals surface area contributed by atoms with Crippen LogP contribution in [0, 0.1) is 18.8 Å². The minimum atomic E-state index is -0.255. The van der Waals surface area contributed by atoms with Crippen LogP contribution in [0.5, 0.6) is 11.5 Å². The quantitative estimate of drug-likeness (QED) is 0.440. The van der Waals surface area contributed by atoms with E-state index < -0.39 is 0 Å². The standard InChI is InChI=1S/C30H41N3O4/c1-19-16-22(8-14-26(19)33-30(35)23-9-15-27(36-2)28(18-23)37-3)29(34)32-25-12-6-21(7-13-25)17-20-4-10-24(31)11-5-20/h8-9,14-16,18,20-21,24-25H,4-7,10-13,17,31H2,1-3H3,(H,32,34)(H,33,35). The number of anilines is 1. The summed E-state index contributed by atoms with van der Waals surface area (Å²) < 4.78 is 10.5. The van der Waals surface area contributed by atoms with Crippen molar-refractivity contribution in [3.8, 4) is 11.5 Å². The smallest absolute Gasteiger partial charge is 0.255 e. The Bertz CT molecular complexity index is 1090. The van der Waals surface area contributed by atoms with E-state index in [2.05, 4.69) is 10.6 Å². The lowest BCUT2D eigenvalue weighted by Crippen LogP contribution is -2.38. The molecule has 4 N–H and O–H groups in total.